The van der Waals surface area contributed by atoms with Crippen molar-refractivity contribution in [2.75, 3.05) is 54.0 Å². The molecule has 0 bridgehead atoms. The van der Waals surface area contributed by atoms with E-state index in [0.717, 1.165) is 65.4 Å². The second kappa shape index (κ2) is 38.5. The van der Waals surface area contributed by atoms with Crippen molar-refractivity contribution in [2.45, 2.75) is 154 Å². The second-order valence-corrected chi connectivity index (χ2v) is 18.7. The second-order valence-electron chi connectivity index (χ2n) is 16.1. The average molecular weight is 861 g/mol. The first-order valence-electron chi connectivity index (χ1n) is 22.3. The highest BCUT2D eigenvalue weighted by atomic mass is 32.2. The predicted molar refractivity (Wildman–Crippen MR) is 245 cm³/mol. The number of nitrogens with zero attached hydrogens (tertiary/aromatic N) is 2. The number of hydrogen-bond acceptors (Lipinski definition) is 11. The molecule has 2 unspecified atom stereocenters. The Morgan fingerprint density at radius 3 is 1.88 bits per heavy atom. The number of aldehydes is 1. The van der Waals surface area contributed by atoms with E-state index in [0.29, 0.717) is 48.2 Å². The summed E-state index contributed by atoms with van der Waals surface area (Å²) < 4.78 is 19.8. The van der Waals surface area contributed by atoms with Gasteiger partial charge in [0.15, 0.2) is 6.29 Å². The molecule has 2 atom stereocenters. The number of methoxy groups -OCH3 is 3. The van der Waals surface area contributed by atoms with Crippen molar-refractivity contribution in [3.63, 3.8) is 0 Å². The predicted octanol–water partition coefficient (Wildman–Crippen LogP) is 11.8. The zero-order valence-corrected chi connectivity index (χ0v) is 39.5. The van der Waals surface area contributed by atoms with Crippen molar-refractivity contribution < 1.29 is 33.6 Å². The fourth-order valence-corrected chi connectivity index (χ4v) is 11.6. The van der Waals surface area contributed by atoms with Crippen LogP contribution in [-0.4, -0.2) is 76.6 Å². The van der Waals surface area contributed by atoms with Crippen LogP contribution in [0, 0.1) is 70.2 Å². The van der Waals surface area contributed by atoms with Gasteiger partial charge in [0.1, 0.15) is 24.4 Å². The van der Waals surface area contributed by atoms with Gasteiger partial charge >= 0.3 is 5.97 Å². The number of aliphatic hydroxyl groups excluding tert-OH is 1. The van der Waals surface area contributed by atoms with E-state index in [4.69, 9.17) is 29.8 Å². The quantitative estimate of drug-likeness (QED) is 0.0320. The van der Waals surface area contributed by atoms with Gasteiger partial charge in [0, 0.05) is 58.4 Å². The molecule has 59 heavy (non-hydrogen) atoms. The summed E-state index contributed by atoms with van der Waals surface area (Å²) in [5.41, 5.74) is 0.993. The van der Waals surface area contributed by atoms with Gasteiger partial charge in [-0.15, -0.1) is 23.5 Å². The first-order valence-corrected chi connectivity index (χ1v) is 24.1. The Morgan fingerprint density at radius 1 is 0.847 bits per heavy atom. The van der Waals surface area contributed by atoms with Gasteiger partial charge in [-0.05, 0) is 119 Å². The molecule has 1 N–H and O–H groups in total. The van der Waals surface area contributed by atoms with Gasteiger partial charge in [0.2, 0.25) is 0 Å². The zero-order chi connectivity index (χ0) is 44.1. The third-order valence-corrected chi connectivity index (χ3v) is 14.6. The Bertz CT molecular complexity index is 1280. The molecule has 11 heteroatoms. The summed E-state index contributed by atoms with van der Waals surface area (Å²) in [6.07, 6.45) is 28.1. The van der Waals surface area contributed by atoms with Crippen molar-refractivity contribution in [1.29, 1.82) is 10.5 Å². The van der Waals surface area contributed by atoms with Gasteiger partial charge in [-0.2, -0.15) is 10.5 Å². The largest absolute Gasteiger partial charge is 0.463 e. The smallest absolute Gasteiger partial charge is 0.305 e. The first-order chi connectivity index (χ1) is 28.6. The lowest BCUT2D eigenvalue weighted by molar-refractivity contribution is -0.144. The van der Waals surface area contributed by atoms with Crippen molar-refractivity contribution >= 4 is 35.8 Å². The molecule has 4 aliphatic rings. The van der Waals surface area contributed by atoms with Crippen LogP contribution < -0.4 is 0 Å². The highest BCUT2D eigenvalue weighted by Crippen LogP contribution is 2.50. The SMILES string of the molecule is C=C(C)C#CO.CCCC(=O)OCCOC.CCCC(CCCOC)C1CCCCCC1.COC.N#C/C(C=O)=C1/SCC(C2CCC(C3CCC(C#N)CC3)CC2)S1. The maximum absolute atomic E-state index is 10.9. The van der Waals surface area contributed by atoms with Crippen LogP contribution in [0.2, 0.25) is 0 Å². The Balaban J connectivity index is 0.000000829. The van der Waals surface area contributed by atoms with E-state index < -0.39 is 0 Å². The van der Waals surface area contributed by atoms with Gasteiger partial charge in [-0.1, -0.05) is 71.8 Å². The van der Waals surface area contributed by atoms with Crippen LogP contribution in [0.4, 0.5) is 0 Å². The van der Waals surface area contributed by atoms with Gasteiger partial charge in [-0.3, -0.25) is 9.59 Å². The van der Waals surface area contributed by atoms with E-state index in [2.05, 4.69) is 30.2 Å². The van der Waals surface area contributed by atoms with E-state index in [9.17, 15) is 9.59 Å². The van der Waals surface area contributed by atoms with E-state index in [1.165, 1.54) is 103 Å². The number of carbonyl (C=O) groups is 2. The molecule has 1 aliphatic heterocycles. The van der Waals surface area contributed by atoms with Crippen molar-refractivity contribution in [1.82, 2.24) is 0 Å². The van der Waals surface area contributed by atoms with Crippen LogP contribution in [0.1, 0.15) is 149 Å². The highest BCUT2D eigenvalue weighted by molar-refractivity contribution is 8.25. The lowest BCUT2D eigenvalue weighted by atomic mass is 9.69. The molecule has 0 spiro atoms. The molecular weight excluding hydrogens is 781 g/mol. The Labute approximate surface area is 368 Å². The molecule has 9 nitrogen and oxygen atoms in total. The van der Waals surface area contributed by atoms with Crippen molar-refractivity contribution in [2.24, 2.45) is 35.5 Å². The minimum atomic E-state index is -0.139. The fourth-order valence-electron chi connectivity index (χ4n) is 8.43. The monoisotopic (exact) mass is 861 g/mol. The van der Waals surface area contributed by atoms with Crippen molar-refractivity contribution in [3.8, 4) is 24.2 Å². The minimum absolute atomic E-state index is 0.139. The lowest BCUT2D eigenvalue weighted by Crippen LogP contribution is -2.29. The van der Waals surface area contributed by atoms with Crippen LogP contribution in [0.3, 0.4) is 0 Å². The van der Waals surface area contributed by atoms with Crippen LogP contribution >= 0.6 is 23.5 Å². The number of nitriles is 2. The summed E-state index contributed by atoms with van der Waals surface area (Å²) in [6.45, 7) is 11.2. The lowest BCUT2D eigenvalue weighted by Gasteiger charge is -2.38. The van der Waals surface area contributed by atoms with Crippen LogP contribution in [0.15, 0.2) is 22.0 Å². The fraction of sp³-hybridized carbons (Fsp3) is 0.792. The van der Waals surface area contributed by atoms with Gasteiger partial charge in [0.25, 0.3) is 0 Å². The molecule has 4 fully saturated rings. The maximum Gasteiger partial charge on any atom is 0.305 e. The number of ether oxygens (including phenoxy) is 4. The van der Waals surface area contributed by atoms with E-state index in [1.807, 2.05) is 20.1 Å². The Kier molecular flexibility index (Phi) is 36.9. The third-order valence-electron chi connectivity index (χ3n) is 11.5. The molecule has 1 heterocycles. The summed E-state index contributed by atoms with van der Waals surface area (Å²) in [5.74, 6) is 7.98. The number of hydrogen-bond donors (Lipinski definition) is 1. The first kappa shape index (κ1) is 56.5. The number of rotatable bonds is 15. The van der Waals surface area contributed by atoms with Gasteiger partial charge in [-0.25, -0.2) is 0 Å². The molecule has 0 aromatic carbocycles. The zero-order valence-electron chi connectivity index (χ0n) is 37.9. The topological polar surface area (TPSA) is 139 Å². The normalized spacial score (nSPS) is 23.8. The van der Waals surface area contributed by atoms with E-state index in [1.54, 1.807) is 57.9 Å². The van der Waals surface area contributed by atoms with Gasteiger partial charge in [0.05, 0.1) is 16.9 Å². The molecule has 336 valence electrons. The van der Waals surface area contributed by atoms with Crippen LogP contribution in [0.25, 0.3) is 0 Å². The van der Waals surface area contributed by atoms with Crippen LogP contribution in [-0.2, 0) is 28.5 Å². The maximum atomic E-state index is 10.9. The average Bonchev–Trinajstić information content (AvgIpc) is 3.57. The summed E-state index contributed by atoms with van der Waals surface area (Å²) in [7, 11) is 6.65. The number of aliphatic hydroxyl groups is 1. The number of esters is 1. The molecule has 1 saturated heterocycles. The molecular formula is C48H80N2O7S2. The summed E-state index contributed by atoms with van der Waals surface area (Å²) in [5, 5.41) is 26.4. The highest BCUT2D eigenvalue weighted by Gasteiger charge is 2.36. The summed E-state index contributed by atoms with van der Waals surface area (Å²) in [4.78, 5) is 21.6. The van der Waals surface area contributed by atoms with Gasteiger partial charge < -0.3 is 24.1 Å². The molecule has 0 aromatic rings. The summed E-state index contributed by atoms with van der Waals surface area (Å²) in [6, 6.07) is 4.46. The van der Waals surface area contributed by atoms with Crippen molar-refractivity contribution in [3.05, 3.63) is 22.0 Å². The minimum Gasteiger partial charge on any atom is -0.463 e. The molecule has 4 rings (SSSR count). The number of carbonyl (C=O) groups excluding carboxylic acids is 2. The van der Waals surface area contributed by atoms with Crippen LogP contribution in [0.5, 0.6) is 0 Å². The standard InChI is InChI=1S/C19H24N2OS2.C15H30O.C7H14O3.C5H6O.C2H6O/c20-9-13-1-3-14(4-2-13)15-5-7-16(8-6-15)18-12-23-19(24-18)17(10-21)11-22;1-3-9-14(12-8-13-16-2)15-10-6-4-5-7-11-15;1-3-4-7(8)10-6-5-9-2;1-5(2)3-4-6;1-3-2/h11,13-16,18H,1-8,12H2;14-15H,3-13H2,1-2H3;3-6H2,1-2H3;6H,1H2,2H3;1-2H3/b19-17+;;;;. The molecule has 0 amide bonds. The number of thioether (sulfide) groups is 2. The van der Waals surface area contributed by atoms with E-state index in [-0.39, 0.29) is 5.97 Å². The molecule has 3 aliphatic carbocycles. The molecule has 0 radical (unpaired) electrons. The number of allylic oxidation sites excluding steroid dienone is 2. The molecule has 0 aromatic heterocycles. The molecule has 3 saturated carbocycles. The third kappa shape index (κ3) is 27.2. The van der Waals surface area contributed by atoms with E-state index >= 15 is 0 Å². The Hall–Kier alpha value is -2.46. The Morgan fingerprint density at radius 2 is 1.42 bits per heavy atom. The summed E-state index contributed by atoms with van der Waals surface area (Å²) >= 11 is 3.46.